The zero-order valence-corrected chi connectivity index (χ0v) is 13.9. The molecule has 0 spiro atoms. The van der Waals surface area contributed by atoms with Gasteiger partial charge in [-0.1, -0.05) is 31.9 Å². The van der Waals surface area contributed by atoms with Crippen molar-refractivity contribution in [3.63, 3.8) is 0 Å². The lowest BCUT2D eigenvalue weighted by Crippen LogP contribution is -2.31. The van der Waals surface area contributed by atoms with E-state index in [0.717, 1.165) is 12.5 Å². The van der Waals surface area contributed by atoms with E-state index in [-0.39, 0.29) is 6.04 Å². The van der Waals surface area contributed by atoms with Crippen molar-refractivity contribution in [2.75, 3.05) is 11.9 Å². The summed E-state index contributed by atoms with van der Waals surface area (Å²) in [6.45, 7) is 6.78. The Balaban J connectivity index is 2.13. The van der Waals surface area contributed by atoms with Gasteiger partial charge in [0.05, 0.1) is 5.69 Å². The maximum Gasteiger partial charge on any atom is 0.242 e. The lowest BCUT2D eigenvalue weighted by atomic mass is 9.98. The van der Waals surface area contributed by atoms with Crippen molar-refractivity contribution in [3.05, 3.63) is 24.3 Å². The van der Waals surface area contributed by atoms with Crippen molar-refractivity contribution in [1.82, 2.24) is 4.72 Å². The van der Waals surface area contributed by atoms with Crippen molar-refractivity contribution >= 4 is 15.7 Å². The number of anilines is 1. The maximum atomic E-state index is 12.4. The molecule has 1 aliphatic carbocycles. The number of sulfonamides is 1. The zero-order chi connectivity index (χ0) is 15.5. The highest BCUT2D eigenvalue weighted by molar-refractivity contribution is 7.89. The van der Waals surface area contributed by atoms with E-state index in [1.54, 1.807) is 12.1 Å². The van der Waals surface area contributed by atoms with Crippen LogP contribution in [0.15, 0.2) is 29.2 Å². The molecule has 1 saturated carbocycles. The summed E-state index contributed by atoms with van der Waals surface area (Å²) in [5, 5.41) is 3.35. The smallest absolute Gasteiger partial charge is 0.242 e. The van der Waals surface area contributed by atoms with Gasteiger partial charge in [-0.05, 0) is 44.2 Å². The number of hydrogen-bond donors (Lipinski definition) is 2. The molecule has 1 aromatic carbocycles. The summed E-state index contributed by atoms with van der Waals surface area (Å²) in [6, 6.07) is 7.02. The monoisotopic (exact) mass is 310 g/mol. The molecule has 2 N–H and O–H groups in total. The van der Waals surface area contributed by atoms with Crippen molar-refractivity contribution in [1.29, 1.82) is 0 Å². The second-order valence-corrected chi connectivity index (χ2v) is 8.00. The van der Waals surface area contributed by atoms with Gasteiger partial charge < -0.3 is 5.32 Å². The topological polar surface area (TPSA) is 58.2 Å². The molecule has 0 amide bonds. The molecule has 118 valence electrons. The summed E-state index contributed by atoms with van der Waals surface area (Å²) in [5.74, 6) is 1.36. The van der Waals surface area contributed by atoms with Gasteiger partial charge in [0, 0.05) is 12.6 Å². The Morgan fingerprint density at radius 3 is 2.57 bits per heavy atom. The van der Waals surface area contributed by atoms with Crippen molar-refractivity contribution in [2.24, 2.45) is 11.8 Å². The summed E-state index contributed by atoms with van der Waals surface area (Å²) in [7, 11) is -3.46. The molecule has 0 bridgehead atoms. The fourth-order valence-electron chi connectivity index (χ4n) is 2.99. The molecule has 5 heteroatoms. The van der Waals surface area contributed by atoms with Gasteiger partial charge in [0.25, 0.3) is 0 Å². The third-order valence-corrected chi connectivity index (χ3v) is 5.88. The van der Waals surface area contributed by atoms with Gasteiger partial charge in [-0.15, -0.1) is 0 Å². The number of rotatable bonds is 6. The molecule has 4 nitrogen and oxygen atoms in total. The SMILES string of the molecule is CC(C)NS(=O)(=O)c1ccccc1NCC1CCCC1C. The molecule has 2 rings (SSSR count). The van der Waals surface area contributed by atoms with Gasteiger partial charge in [-0.2, -0.15) is 0 Å². The van der Waals surface area contributed by atoms with Gasteiger partial charge >= 0.3 is 0 Å². The third-order valence-electron chi connectivity index (χ3n) is 4.16. The minimum Gasteiger partial charge on any atom is -0.384 e. The molecular formula is C16H26N2O2S. The van der Waals surface area contributed by atoms with Crippen LogP contribution in [0.5, 0.6) is 0 Å². The largest absolute Gasteiger partial charge is 0.384 e. The molecule has 1 aliphatic rings. The Bertz CT molecular complexity index is 569. The second-order valence-electron chi connectivity index (χ2n) is 6.32. The van der Waals surface area contributed by atoms with Crippen LogP contribution in [0.2, 0.25) is 0 Å². The van der Waals surface area contributed by atoms with Gasteiger partial charge in [-0.3, -0.25) is 0 Å². The van der Waals surface area contributed by atoms with Crippen molar-refractivity contribution in [2.45, 2.75) is 51.0 Å². The Kier molecular flexibility index (Phi) is 5.27. The lowest BCUT2D eigenvalue weighted by molar-refractivity contribution is 0.439. The van der Waals surface area contributed by atoms with E-state index >= 15 is 0 Å². The van der Waals surface area contributed by atoms with Gasteiger partial charge in [0.15, 0.2) is 0 Å². The number of para-hydroxylation sites is 1. The van der Waals surface area contributed by atoms with E-state index in [2.05, 4.69) is 17.0 Å². The first kappa shape index (κ1) is 16.3. The van der Waals surface area contributed by atoms with E-state index in [0.29, 0.717) is 16.5 Å². The van der Waals surface area contributed by atoms with Crippen molar-refractivity contribution < 1.29 is 8.42 Å². The molecule has 0 heterocycles. The minimum atomic E-state index is -3.46. The van der Waals surface area contributed by atoms with Crippen LogP contribution in [0, 0.1) is 11.8 Å². The van der Waals surface area contributed by atoms with Crippen LogP contribution in [0.4, 0.5) is 5.69 Å². The number of benzene rings is 1. The molecule has 0 radical (unpaired) electrons. The van der Waals surface area contributed by atoms with E-state index in [1.807, 2.05) is 26.0 Å². The normalized spacial score (nSPS) is 22.7. The van der Waals surface area contributed by atoms with Crippen LogP contribution in [-0.2, 0) is 10.0 Å². The summed E-state index contributed by atoms with van der Waals surface area (Å²) in [4.78, 5) is 0.337. The standard InChI is InChI=1S/C16H26N2O2S/c1-12(2)18-21(19,20)16-10-5-4-9-15(16)17-11-14-8-6-7-13(14)3/h4-5,9-10,12-14,17-18H,6-8,11H2,1-3H3. The molecule has 2 unspecified atom stereocenters. The molecular weight excluding hydrogens is 284 g/mol. The van der Waals surface area contributed by atoms with Gasteiger partial charge in [-0.25, -0.2) is 13.1 Å². The average molecular weight is 310 g/mol. The summed E-state index contributed by atoms with van der Waals surface area (Å²) >= 11 is 0. The highest BCUT2D eigenvalue weighted by atomic mass is 32.2. The third kappa shape index (κ3) is 4.20. The van der Waals surface area contributed by atoms with E-state index < -0.39 is 10.0 Å². The predicted molar refractivity (Wildman–Crippen MR) is 86.9 cm³/mol. The van der Waals surface area contributed by atoms with Crippen LogP contribution in [-0.4, -0.2) is 21.0 Å². The molecule has 1 fully saturated rings. The van der Waals surface area contributed by atoms with Crippen LogP contribution in [0.3, 0.4) is 0 Å². The summed E-state index contributed by atoms with van der Waals surface area (Å²) in [6.07, 6.45) is 3.79. The van der Waals surface area contributed by atoms with Gasteiger partial charge in [0.1, 0.15) is 4.90 Å². The minimum absolute atomic E-state index is 0.113. The highest BCUT2D eigenvalue weighted by Crippen LogP contribution is 2.32. The lowest BCUT2D eigenvalue weighted by Gasteiger charge is -2.19. The van der Waals surface area contributed by atoms with Crippen LogP contribution < -0.4 is 10.0 Å². The van der Waals surface area contributed by atoms with E-state index in [9.17, 15) is 8.42 Å². The van der Waals surface area contributed by atoms with Gasteiger partial charge in [0.2, 0.25) is 10.0 Å². The molecule has 0 saturated heterocycles. The summed E-state index contributed by atoms with van der Waals surface area (Å²) in [5.41, 5.74) is 0.699. The Morgan fingerprint density at radius 1 is 1.24 bits per heavy atom. The number of nitrogens with one attached hydrogen (secondary N) is 2. The average Bonchev–Trinajstić information content (AvgIpc) is 2.81. The highest BCUT2D eigenvalue weighted by Gasteiger charge is 2.24. The molecule has 0 aromatic heterocycles. The quantitative estimate of drug-likeness (QED) is 0.848. The fraction of sp³-hybridized carbons (Fsp3) is 0.625. The second kappa shape index (κ2) is 6.79. The first-order valence-electron chi connectivity index (χ1n) is 7.75. The van der Waals surface area contributed by atoms with Crippen LogP contribution in [0.1, 0.15) is 40.0 Å². The van der Waals surface area contributed by atoms with E-state index in [4.69, 9.17) is 0 Å². The zero-order valence-electron chi connectivity index (χ0n) is 13.1. The Labute approximate surface area is 128 Å². The van der Waals surface area contributed by atoms with Crippen LogP contribution in [0.25, 0.3) is 0 Å². The Hall–Kier alpha value is -1.07. The Morgan fingerprint density at radius 2 is 1.95 bits per heavy atom. The maximum absolute atomic E-state index is 12.4. The molecule has 2 atom stereocenters. The first-order chi connectivity index (χ1) is 9.90. The number of hydrogen-bond acceptors (Lipinski definition) is 3. The molecule has 1 aromatic rings. The summed E-state index contributed by atoms with van der Waals surface area (Å²) < 4.78 is 27.4. The predicted octanol–water partition coefficient (Wildman–Crippen LogP) is 3.22. The van der Waals surface area contributed by atoms with Crippen LogP contribution >= 0.6 is 0 Å². The van der Waals surface area contributed by atoms with Crippen molar-refractivity contribution in [3.8, 4) is 0 Å². The fourth-order valence-corrected chi connectivity index (χ4v) is 4.42. The molecule has 21 heavy (non-hydrogen) atoms. The van der Waals surface area contributed by atoms with E-state index in [1.165, 1.54) is 19.3 Å². The molecule has 0 aliphatic heterocycles. The first-order valence-corrected chi connectivity index (χ1v) is 9.23.